The van der Waals surface area contributed by atoms with E-state index >= 15 is 0 Å². The number of benzene rings is 2. The van der Waals surface area contributed by atoms with Crippen LogP contribution in [-0.2, 0) is 19.9 Å². The van der Waals surface area contributed by atoms with Crippen LogP contribution in [0.2, 0.25) is 0 Å². The SMILES string of the molecule is CCS(=O)(=O)c1cccc(S(=O)(=O)N(C)c2c(F)cccc2F)c1. The van der Waals surface area contributed by atoms with Gasteiger partial charge in [0.05, 0.1) is 15.5 Å². The molecule has 0 heterocycles. The first kappa shape index (κ1) is 18.3. The van der Waals surface area contributed by atoms with Crippen molar-refractivity contribution in [3.05, 3.63) is 54.1 Å². The summed E-state index contributed by atoms with van der Waals surface area (Å²) in [5.41, 5.74) is -0.735. The van der Waals surface area contributed by atoms with Crippen LogP contribution >= 0.6 is 0 Å². The van der Waals surface area contributed by atoms with Gasteiger partial charge in [-0.05, 0) is 30.3 Å². The summed E-state index contributed by atoms with van der Waals surface area (Å²) >= 11 is 0. The van der Waals surface area contributed by atoms with Crippen LogP contribution in [0.25, 0.3) is 0 Å². The van der Waals surface area contributed by atoms with E-state index in [1.165, 1.54) is 25.1 Å². The molecule has 0 saturated heterocycles. The minimum Gasteiger partial charge on any atom is -0.263 e. The van der Waals surface area contributed by atoms with E-state index in [4.69, 9.17) is 0 Å². The normalized spacial score (nSPS) is 12.2. The Balaban J connectivity index is 2.58. The molecule has 0 aliphatic heterocycles. The number of nitrogens with zero attached hydrogens (tertiary/aromatic N) is 1. The maximum absolute atomic E-state index is 13.8. The second-order valence-corrected chi connectivity index (χ2v) is 9.17. The topological polar surface area (TPSA) is 71.5 Å². The van der Waals surface area contributed by atoms with Crippen LogP contribution < -0.4 is 4.31 Å². The Hall–Kier alpha value is -2.00. The van der Waals surface area contributed by atoms with Gasteiger partial charge in [-0.1, -0.05) is 19.1 Å². The van der Waals surface area contributed by atoms with Gasteiger partial charge in [-0.3, -0.25) is 4.31 Å². The Morgan fingerprint density at radius 2 is 1.42 bits per heavy atom. The summed E-state index contributed by atoms with van der Waals surface area (Å²) in [4.78, 5) is -0.546. The highest BCUT2D eigenvalue weighted by molar-refractivity contribution is 7.93. The molecule has 0 unspecified atom stereocenters. The Bertz CT molecular complexity index is 952. The van der Waals surface area contributed by atoms with Crippen molar-refractivity contribution in [2.45, 2.75) is 16.7 Å². The molecule has 0 saturated carbocycles. The highest BCUT2D eigenvalue weighted by Crippen LogP contribution is 2.28. The maximum atomic E-state index is 13.8. The monoisotopic (exact) mass is 375 g/mol. The minimum atomic E-state index is -4.34. The average Bonchev–Trinajstić information content (AvgIpc) is 2.54. The number of sulfonamides is 1. The van der Waals surface area contributed by atoms with Crippen LogP contribution in [0.4, 0.5) is 14.5 Å². The fraction of sp³-hybridized carbons (Fsp3) is 0.200. The molecular formula is C15H15F2NO4S2. The third-order valence-corrected chi connectivity index (χ3v) is 6.94. The molecule has 0 atom stereocenters. The first-order chi connectivity index (χ1) is 11.1. The highest BCUT2D eigenvalue weighted by Gasteiger charge is 2.27. The minimum absolute atomic E-state index is 0.173. The predicted molar refractivity (Wildman–Crippen MR) is 86.1 cm³/mol. The first-order valence-corrected chi connectivity index (χ1v) is 9.96. The summed E-state index contributed by atoms with van der Waals surface area (Å²) in [7, 11) is -6.96. The summed E-state index contributed by atoms with van der Waals surface area (Å²) in [6.07, 6.45) is 0. The second-order valence-electron chi connectivity index (χ2n) is 4.92. The van der Waals surface area contributed by atoms with Crippen LogP contribution in [-0.4, -0.2) is 29.6 Å². The maximum Gasteiger partial charge on any atom is 0.264 e. The van der Waals surface area contributed by atoms with Crippen molar-refractivity contribution in [2.75, 3.05) is 17.1 Å². The van der Waals surface area contributed by atoms with Crippen molar-refractivity contribution in [1.29, 1.82) is 0 Å². The third kappa shape index (κ3) is 3.27. The van der Waals surface area contributed by atoms with Crippen LogP contribution in [0.1, 0.15) is 6.92 Å². The standard InChI is InChI=1S/C15H15F2NO4S2/c1-3-23(19,20)11-6-4-7-12(10-11)24(21,22)18(2)15-13(16)8-5-9-14(15)17/h4-10H,3H2,1-2H3. The fourth-order valence-corrected chi connectivity index (χ4v) is 4.32. The van der Waals surface area contributed by atoms with Crippen molar-refractivity contribution < 1.29 is 25.6 Å². The van der Waals surface area contributed by atoms with Crippen molar-refractivity contribution in [3.63, 3.8) is 0 Å². The molecule has 0 fully saturated rings. The summed E-state index contributed by atoms with van der Waals surface area (Å²) in [5, 5.41) is 0. The van der Waals surface area contributed by atoms with Gasteiger partial charge in [-0.25, -0.2) is 25.6 Å². The summed E-state index contributed by atoms with van der Waals surface area (Å²) in [6, 6.07) is 7.65. The van der Waals surface area contributed by atoms with Gasteiger partial charge < -0.3 is 0 Å². The average molecular weight is 375 g/mol. The third-order valence-electron chi connectivity index (χ3n) is 3.46. The lowest BCUT2D eigenvalue weighted by Crippen LogP contribution is -2.28. The molecule has 0 amide bonds. The number of hydrogen-bond acceptors (Lipinski definition) is 4. The second kappa shape index (κ2) is 6.48. The number of hydrogen-bond donors (Lipinski definition) is 0. The van der Waals surface area contributed by atoms with E-state index in [0.717, 1.165) is 31.3 Å². The molecule has 0 bridgehead atoms. The molecule has 0 radical (unpaired) electrons. The van der Waals surface area contributed by atoms with Crippen molar-refractivity contribution in [3.8, 4) is 0 Å². The first-order valence-electron chi connectivity index (χ1n) is 6.87. The lowest BCUT2D eigenvalue weighted by atomic mass is 10.3. The van der Waals surface area contributed by atoms with E-state index in [2.05, 4.69) is 0 Å². The van der Waals surface area contributed by atoms with Crippen LogP contribution in [0.5, 0.6) is 0 Å². The van der Waals surface area contributed by atoms with Crippen molar-refractivity contribution in [1.82, 2.24) is 0 Å². The molecule has 2 rings (SSSR count). The van der Waals surface area contributed by atoms with E-state index in [-0.39, 0.29) is 15.5 Å². The molecule has 0 N–H and O–H groups in total. The molecule has 2 aromatic rings. The molecule has 24 heavy (non-hydrogen) atoms. The smallest absolute Gasteiger partial charge is 0.263 e. The van der Waals surface area contributed by atoms with Crippen LogP contribution in [0.3, 0.4) is 0 Å². The summed E-state index contributed by atoms with van der Waals surface area (Å²) < 4.78 is 77.1. The molecule has 130 valence electrons. The van der Waals surface area contributed by atoms with E-state index in [1.54, 1.807) is 0 Å². The summed E-state index contributed by atoms with van der Waals surface area (Å²) in [6.45, 7) is 1.43. The zero-order chi connectivity index (χ0) is 18.1. The zero-order valence-corrected chi connectivity index (χ0v) is 14.5. The Morgan fingerprint density at radius 3 is 1.96 bits per heavy atom. The van der Waals surface area contributed by atoms with Crippen molar-refractivity contribution in [2.24, 2.45) is 0 Å². The van der Waals surface area contributed by atoms with Crippen LogP contribution in [0.15, 0.2) is 52.3 Å². The number of sulfone groups is 1. The molecule has 5 nitrogen and oxygen atoms in total. The van der Waals surface area contributed by atoms with E-state index in [9.17, 15) is 25.6 Å². The molecule has 0 aliphatic rings. The van der Waals surface area contributed by atoms with Gasteiger partial charge in [0, 0.05) is 7.05 Å². The number of para-hydroxylation sites is 1. The largest absolute Gasteiger partial charge is 0.264 e. The molecule has 0 aliphatic carbocycles. The molecule has 0 aromatic heterocycles. The number of anilines is 1. The Morgan fingerprint density at radius 1 is 0.917 bits per heavy atom. The number of halogens is 2. The van der Waals surface area contributed by atoms with Gasteiger partial charge in [0.2, 0.25) is 0 Å². The lowest BCUT2D eigenvalue weighted by Gasteiger charge is -2.20. The Kier molecular flexibility index (Phi) is 4.95. The van der Waals surface area contributed by atoms with Crippen molar-refractivity contribution >= 4 is 25.5 Å². The number of rotatable bonds is 5. The lowest BCUT2D eigenvalue weighted by molar-refractivity contribution is 0.571. The summed E-state index contributed by atoms with van der Waals surface area (Å²) in [5.74, 6) is -2.29. The van der Waals surface area contributed by atoms with E-state index < -0.39 is 37.2 Å². The highest BCUT2D eigenvalue weighted by atomic mass is 32.2. The van der Waals surface area contributed by atoms with Gasteiger partial charge in [-0.15, -0.1) is 0 Å². The Labute approximate surface area is 139 Å². The van der Waals surface area contributed by atoms with Gasteiger partial charge >= 0.3 is 0 Å². The van der Waals surface area contributed by atoms with Gasteiger partial charge in [0.1, 0.15) is 5.69 Å². The van der Waals surface area contributed by atoms with Crippen LogP contribution in [0, 0.1) is 11.6 Å². The quantitative estimate of drug-likeness (QED) is 0.805. The molecule has 2 aromatic carbocycles. The van der Waals surface area contributed by atoms with E-state index in [1.807, 2.05) is 0 Å². The molecule has 9 heteroatoms. The van der Waals surface area contributed by atoms with Gasteiger partial charge in [0.15, 0.2) is 21.5 Å². The predicted octanol–water partition coefficient (Wildman–Crippen LogP) is 2.58. The fourth-order valence-electron chi connectivity index (χ4n) is 2.06. The zero-order valence-electron chi connectivity index (χ0n) is 12.9. The van der Waals surface area contributed by atoms with Gasteiger partial charge in [0.25, 0.3) is 10.0 Å². The molecule has 0 spiro atoms. The molecular weight excluding hydrogens is 360 g/mol. The van der Waals surface area contributed by atoms with E-state index in [0.29, 0.717) is 4.31 Å². The van der Waals surface area contributed by atoms with Gasteiger partial charge in [-0.2, -0.15) is 0 Å².